The van der Waals surface area contributed by atoms with Crippen molar-refractivity contribution in [2.45, 2.75) is 51.2 Å². The minimum atomic E-state index is -0.178. The molecule has 0 atom stereocenters. The number of methoxy groups -OCH3 is 1. The van der Waals surface area contributed by atoms with Gasteiger partial charge in [-0.25, -0.2) is 0 Å². The van der Waals surface area contributed by atoms with Gasteiger partial charge in [0.2, 0.25) is 5.91 Å². The van der Waals surface area contributed by atoms with Crippen molar-refractivity contribution in [2.24, 2.45) is 0 Å². The SMILES string of the molecule is COCCN(CC(=O)N(Cc1cccn1Cc1ccccc1Cl)C1CCCCC1)C(=O)c1cccc(Br)c1. The van der Waals surface area contributed by atoms with Crippen LogP contribution in [0.2, 0.25) is 5.02 Å². The van der Waals surface area contributed by atoms with Crippen LogP contribution in [0.1, 0.15) is 53.7 Å². The number of halogens is 2. The van der Waals surface area contributed by atoms with Gasteiger partial charge in [0.05, 0.1) is 13.2 Å². The van der Waals surface area contributed by atoms with Crippen LogP contribution in [0.5, 0.6) is 0 Å². The van der Waals surface area contributed by atoms with E-state index >= 15 is 0 Å². The number of nitrogens with zero attached hydrogens (tertiary/aromatic N) is 3. The summed E-state index contributed by atoms with van der Waals surface area (Å²) in [6, 6.07) is 19.3. The standard InChI is InChI=1S/C30H35BrClN3O3/c1-38-18-17-34(30(37)23-10-7-11-25(31)19-23)22-29(36)35(26-12-3-2-4-13-26)21-27-14-8-16-33(27)20-24-9-5-6-15-28(24)32/h5-11,14-16,19,26H,2-4,12-13,17-18,20-22H2,1H3. The number of hydrogen-bond donors (Lipinski definition) is 0. The van der Waals surface area contributed by atoms with Crippen molar-refractivity contribution in [1.82, 2.24) is 14.4 Å². The topological polar surface area (TPSA) is 54.8 Å². The summed E-state index contributed by atoms with van der Waals surface area (Å²) < 4.78 is 8.24. The van der Waals surface area contributed by atoms with E-state index in [0.29, 0.717) is 31.8 Å². The lowest BCUT2D eigenvalue weighted by Crippen LogP contribution is -2.48. The van der Waals surface area contributed by atoms with Gasteiger partial charge in [0.1, 0.15) is 6.54 Å². The lowest BCUT2D eigenvalue weighted by Gasteiger charge is -2.36. The fraction of sp³-hybridized carbons (Fsp3) is 0.400. The molecule has 8 heteroatoms. The zero-order chi connectivity index (χ0) is 26.9. The maximum absolute atomic E-state index is 13.9. The summed E-state index contributed by atoms with van der Waals surface area (Å²) in [5.41, 5.74) is 2.62. The number of amides is 2. The van der Waals surface area contributed by atoms with Gasteiger partial charge in [-0.1, -0.05) is 71.1 Å². The minimum absolute atomic E-state index is 0.0103. The molecule has 1 aliphatic rings. The molecular weight excluding hydrogens is 566 g/mol. The molecule has 6 nitrogen and oxygen atoms in total. The van der Waals surface area contributed by atoms with E-state index in [0.717, 1.165) is 46.4 Å². The van der Waals surface area contributed by atoms with Gasteiger partial charge in [0, 0.05) is 53.2 Å². The first kappa shape index (κ1) is 28.4. The maximum atomic E-state index is 13.9. The van der Waals surface area contributed by atoms with Gasteiger partial charge in [-0.2, -0.15) is 0 Å². The molecule has 0 saturated heterocycles. The first-order valence-corrected chi connectivity index (χ1v) is 14.3. The van der Waals surface area contributed by atoms with Gasteiger partial charge in [-0.05, 0) is 54.8 Å². The third-order valence-corrected chi connectivity index (χ3v) is 8.00. The predicted octanol–water partition coefficient (Wildman–Crippen LogP) is 6.40. The van der Waals surface area contributed by atoms with Gasteiger partial charge < -0.3 is 19.1 Å². The summed E-state index contributed by atoms with van der Waals surface area (Å²) in [5.74, 6) is -0.218. The number of benzene rings is 2. The Morgan fingerprint density at radius 2 is 1.84 bits per heavy atom. The summed E-state index contributed by atoms with van der Waals surface area (Å²) in [7, 11) is 1.60. The lowest BCUT2D eigenvalue weighted by atomic mass is 9.94. The van der Waals surface area contributed by atoms with Crippen LogP contribution in [0, 0.1) is 0 Å². The number of ether oxygens (including phenoxy) is 1. The maximum Gasteiger partial charge on any atom is 0.254 e. The van der Waals surface area contributed by atoms with Crippen molar-refractivity contribution in [2.75, 3.05) is 26.8 Å². The number of hydrogen-bond acceptors (Lipinski definition) is 3. The second-order valence-corrected chi connectivity index (χ2v) is 11.1. The number of carbonyl (C=O) groups is 2. The van der Waals surface area contributed by atoms with E-state index in [-0.39, 0.29) is 24.4 Å². The Balaban J connectivity index is 1.55. The summed E-state index contributed by atoms with van der Waals surface area (Å²) in [4.78, 5) is 30.9. The Bertz CT molecular complexity index is 1220. The highest BCUT2D eigenvalue weighted by Crippen LogP contribution is 2.26. The van der Waals surface area contributed by atoms with Crippen molar-refractivity contribution in [1.29, 1.82) is 0 Å². The Hall–Kier alpha value is -2.61. The summed E-state index contributed by atoms with van der Waals surface area (Å²) in [6.45, 7) is 1.84. The highest BCUT2D eigenvalue weighted by molar-refractivity contribution is 9.10. The smallest absolute Gasteiger partial charge is 0.254 e. The normalized spacial score (nSPS) is 13.9. The van der Waals surface area contributed by atoms with E-state index in [1.807, 2.05) is 53.6 Å². The third-order valence-electron chi connectivity index (χ3n) is 7.14. The first-order valence-electron chi connectivity index (χ1n) is 13.2. The van der Waals surface area contributed by atoms with E-state index < -0.39 is 0 Å². The van der Waals surface area contributed by atoms with Crippen LogP contribution >= 0.6 is 27.5 Å². The van der Waals surface area contributed by atoms with Crippen molar-refractivity contribution in [3.05, 3.63) is 93.2 Å². The quantitative estimate of drug-likeness (QED) is 0.256. The molecule has 202 valence electrons. The molecule has 1 aromatic heterocycles. The van der Waals surface area contributed by atoms with E-state index in [4.69, 9.17) is 16.3 Å². The fourth-order valence-corrected chi connectivity index (χ4v) is 5.65. The summed E-state index contributed by atoms with van der Waals surface area (Å²) >= 11 is 9.88. The summed E-state index contributed by atoms with van der Waals surface area (Å²) in [6.07, 6.45) is 7.41. The molecule has 4 rings (SSSR count). The van der Waals surface area contributed by atoms with Crippen LogP contribution in [0.15, 0.2) is 71.3 Å². The number of carbonyl (C=O) groups excluding carboxylic acids is 2. The molecule has 0 bridgehead atoms. The lowest BCUT2D eigenvalue weighted by molar-refractivity contribution is -0.135. The molecule has 2 amide bonds. The van der Waals surface area contributed by atoms with Crippen molar-refractivity contribution >= 4 is 39.3 Å². The van der Waals surface area contributed by atoms with Crippen molar-refractivity contribution < 1.29 is 14.3 Å². The van der Waals surface area contributed by atoms with Crippen LogP contribution in [0.4, 0.5) is 0 Å². The van der Waals surface area contributed by atoms with E-state index in [1.54, 1.807) is 24.1 Å². The van der Waals surface area contributed by atoms with E-state index in [9.17, 15) is 9.59 Å². The molecule has 0 aliphatic heterocycles. The first-order chi connectivity index (χ1) is 18.5. The van der Waals surface area contributed by atoms with Crippen LogP contribution in [-0.2, 0) is 22.6 Å². The van der Waals surface area contributed by atoms with Crippen LogP contribution in [0.3, 0.4) is 0 Å². The Morgan fingerprint density at radius 3 is 2.58 bits per heavy atom. The van der Waals surface area contributed by atoms with Crippen molar-refractivity contribution in [3.8, 4) is 0 Å². The average molecular weight is 601 g/mol. The van der Waals surface area contributed by atoms with Crippen LogP contribution in [-0.4, -0.2) is 59.0 Å². The Morgan fingerprint density at radius 1 is 1.05 bits per heavy atom. The van der Waals surface area contributed by atoms with Crippen molar-refractivity contribution in [3.63, 3.8) is 0 Å². The average Bonchev–Trinajstić information content (AvgIpc) is 3.37. The second kappa shape index (κ2) is 14.0. The van der Waals surface area contributed by atoms with Gasteiger partial charge in [-0.15, -0.1) is 0 Å². The van der Waals surface area contributed by atoms with Crippen LogP contribution < -0.4 is 0 Å². The highest BCUT2D eigenvalue weighted by atomic mass is 79.9. The van der Waals surface area contributed by atoms with E-state index in [2.05, 4.69) is 26.6 Å². The van der Waals surface area contributed by atoms with Gasteiger partial charge in [-0.3, -0.25) is 9.59 Å². The number of rotatable bonds is 11. The molecule has 0 unspecified atom stereocenters. The Labute approximate surface area is 238 Å². The van der Waals surface area contributed by atoms with Gasteiger partial charge >= 0.3 is 0 Å². The third kappa shape index (κ3) is 7.49. The molecule has 1 heterocycles. The molecule has 38 heavy (non-hydrogen) atoms. The molecule has 1 aliphatic carbocycles. The van der Waals surface area contributed by atoms with Gasteiger partial charge in [0.15, 0.2) is 0 Å². The minimum Gasteiger partial charge on any atom is -0.383 e. The largest absolute Gasteiger partial charge is 0.383 e. The molecule has 0 radical (unpaired) electrons. The molecule has 2 aromatic carbocycles. The second-order valence-electron chi connectivity index (χ2n) is 9.76. The number of aromatic nitrogens is 1. The molecule has 0 N–H and O–H groups in total. The highest BCUT2D eigenvalue weighted by Gasteiger charge is 2.29. The van der Waals surface area contributed by atoms with Gasteiger partial charge in [0.25, 0.3) is 5.91 Å². The zero-order valence-corrected chi connectivity index (χ0v) is 24.2. The monoisotopic (exact) mass is 599 g/mol. The molecular formula is C30H35BrClN3O3. The zero-order valence-electron chi connectivity index (χ0n) is 21.8. The molecule has 1 fully saturated rings. The molecule has 1 saturated carbocycles. The van der Waals surface area contributed by atoms with Crippen LogP contribution in [0.25, 0.3) is 0 Å². The fourth-order valence-electron chi connectivity index (χ4n) is 5.06. The molecule has 3 aromatic rings. The summed E-state index contributed by atoms with van der Waals surface area (Å²) in [5, 5.41) is 0.729. The predicted molar refractivity (Wildman–Crippen MR) is 154 cm³/mol. The van der Waals surface area contributed by atoms with E-state index in [1.165, 1.54) is 6.42 Å². The Kier molecular flexibility index (Phi) is 10.4. The molecule has 0 spiro atoms.